The van der Waals surface area contributed by atoms with Gasteiger partial charge in [-0.15, -0.1) is 0 Å². The van der Waals surface area contributed by atoms with E-state index in [-0.39, 0.29) is 12.1 Å². The van der Waals surface area contributed by atoms with E-state index in [2.05, 4.69) is 25.8 Å². The number of aromatic nitrogens is 3. The quantitative estimate of drug-likeness (QED) is 0.619. The van der Waals surface area contributed by atoms with Crippen LogP contribution in [0.1, 0.15) is 5.69 Å². The normalized spacial score (nSPS) is 12.6. The van der Waals surface area contributed by atoms with Crippen LogP contribution in [0.25, 0.3) is 5.52 Å². The van der Waals surface area contributed by atoms with Gasteiger partial charge in [-0.2, -0.15) is 5.10 Å². The summed E-state index contributed by atoms with van der Waals surface area (Å²) in [4.78, 5) is 22.9. The molecule has 0 aliphatic carbocycles. The Morgan fingerprint density at radius 2 is 2.28 bits per heavy atom. The molecule has 0 saturated heterocycles. The number of fused-ring (bicyclic) bond motifs is 1. The van der Waals surface area contributed by atoms with Gasteiger partial charge in [-0.1, -0.05) is 15.9 Å². The molecule has 0 aliphatic heterocycles. The maximum atomic E-state index is 12.1. The second-order valence-electron chi connectivity index (χ2n) is 3.86. The molecule has 2 aromatic heterocycles. The first-order valence-corrected chi connectivity index (χ1v) is 6.22. The number of carbonyl (C=O) groups is 1. The lowest BCUT2D eigenvalue weighted by Crippen LogP contribution is -2.29. The smallest absolute Gasteiger partial charge is 0.321 e. The molecule has 1 unspecified atom stereocenters. The summed E-state index contributed by atoms with van der Waals surface area (Å²) in [6.45, 7) is 2.03. The number of carbonyl (C=O) groups excluding carboxylic acids is 1. The monoisotopic (exact) mass is 313 g/mol. The van der Waals surface area contributed by atoms with Crippen LogP contribution >= 0.6 is 15.9 Å². The van der Waals surface area contributed by atoms with Gasteiger partial charge in [0, 0.05) is 18.9 Å². The van der Waals surface area contributed by atoms with Crippen molar-refractivity contribution >= 4 is 27.4 Å². The number of aryl methyl sites for hydroxylation is 1. The minimum absolute atomic E-state index is 0.188. The van der Waals surface area contributed by atoms with E-state index in [0.717, 1.165) is 5.69 Å². The topological polar surface area (TPSA) is 65.6 Å². The minimum Gasteiger partial charge on any atom is -0.468 e. The van der Waals surface area contributed by atoms with Gasteiger partial charge in [-0.25, -0.2) is 4.52 Å². The number of hydrogen-bond acceptors (Lipinski definition) is 4. The summed E-state index contributed by atoms with van der Waals surface area (Å²) in [5.41, 5.74) is 1.07. The molecule has 0 aliphatic rings. The van der Waals surface area contributed by atoms with Gasteiger partial charge in [0.25, 0.3) is 5.56 Å². The Morgan fingerprint density at radius 3 is 2.94 bits per heavy atom. The maximum absolute atomic E-state index is 12.1. The van der Waals surface area contributed by atoms with Crippen molar-refractivity contribution in [3.05, 3.63) is 34.5 Å². The number of esters is 1. The summed E-state index contributed by atoms with van der Waals surface area (Å²) in [7, 11) is 1.31. The Kier molecular flexibility index (Phi) is 3.51. The standard InChI is InChI=1S/C11H12BrN3O3/c1-7-5-9-10(16)14(3-4-15(9)13-7)6-8(12)11(17)18-2/h3-5,8H,6H2,1-2H3. The highest BCUT2D eigenvalue weighted by atomic mass is 79.9. The fourth-order valence-corrected chi connectivity index (χ4v) is 2.17. The third kappa shape index (κ3) is 2.31. The number of halogens is 1. The molecule has 2 aromatic rings. The van der Waals surface area contributed by atoms with Crippen LogP contribution in [-0.2, 0) is 16.1 Å². The van der Waals surface area contributed by atoms with Gasteiger partial charge in [0.05, 0.1) is 12.8 Å². The van der Waals surface area contributed by atoms with E-state index in [1.807, 2.05) is 6.92 Å². The summed E-state index contributed by atoms with van der Waals surface area (Å²) in [6, 6.07) is 1.71. The van der Waals surface area contributed by atoms with Crippen LogP contribution < -0.4 is 5.56 Å². The molecule has 0 N–H and O–H groups in total. The van der Waals surface area contributed by atoms with Crippen LogP contribution in [0.3, 0.4) is 0 Å². The van der Waals surface area contributed by atoms with Crippen LogP contribution in [0.5, 0.6) is 0 Å². The van der Waals surface area contributed by atoms with Crippen molar-refractivity contribution in [2.45, 2.75) is 18.3 Å². The first kappa shape index (κ1) is 12.8. The summed E-state index contributed by atoms with van der Waals surface area (Å²) in [5.74, 6) is -0.411. The van der Waals surface area contributed by atoms with Crippen molar-refractivity contribution in [3.8, 4) is 0 Å². The SMILES string of the molecule is COC(=O)C(Br)Cn1ccn2nc(C)cc2c1=O. The second kappa shape index (κ2) is 4.93. The molecule has 96 valence electrons. The summed E-state index contributed by atoms with van der Waals surface area (Å²) in [5, 5.41) is 4.15. The van der Waals surface area contributed by atoms with Crippen molar-refractivity contribution in [2.75, 3.05) is 7.11 Å². The average molecular weight is 314 g/mol. The zero-order valence-corrected chi connectivity index (χ0v) is 11.5. The van der Waals surface area contributed by atoms with Gasteiger partial charge in [0.2, 0.25) is 0 Å². The predicted octanol–water partition coefficient (Wildman–Crippen LogP) is 0.741. The van der Waals surface area contributed by atoms with Gasteiger partial charge >= 0.3 is 5.97 Å². The number of methoxy groups -OCH3 is 1. The fraction of sp³-hybridized carbons (Fsp3) is 0.364. The van der Waals surface area contributed by atoms with Crippen molar-refractivity contribution in [1.29, 1.82) is 0 Å². The lowest BCUT2D eigenvalue weighted by molar-refractivity contribution is -0.140. The molecule has 0 aromatic carbocycles. The first-order chi connectivity index (χ1) is 8.52. The van der Waals surface area contributed by atoms with Crippen molar-refractivity contribution in [1.82, 2.24) is 14.2 Å². The highest BCUT2D eigenvalue weighted by Crippen LogP contribution is 2.06. The van der Waals surface area contributed by atoms with Gasteiger partial charge in [0.1, 0.15) is 10.3 Å². The molecule has 18 heavy (non-hydrogen) atoms. The summed E-state index contributed by atoms with van der Waals surface area (Å²) in [6.07, 6.45) is 3.28. The Hall–Kier alpha value is -1.63. The third-order valence-electron chi connectivity index (χ3n) is 2.54. The molecule has 1 atom stereocenters. The number of rotatable bonds is 3. The molecule has 6 nitrogen and oxygen atoms in total. The number of alkyl halides is 1. The molecule has 0 radical (unpaired) electrons. The van der Waals surface area contributed by atoms with E-state index in [1.54, 1.807) is 18.5 Å². The van der Waals surface area contributed by atoms with Crippen LogP contribution in [0.2, 0.25) is 0 Å². The first-order valence-electron chi connectivity index (χ1n) is 5.30. The van der Waals surface area contributed by atoms with Gasteiger partial charge in [-0.3, -0.25) is 9.59 Å². The van der Waals surface area contributed by atoms with Gasteiger partial charge in [0.15, 0.2) is 0 Å². The molecule has 2 heterocycles. The van der Waals surface area contributed by atoms with Crippen molar-refractivity contribution in [2.24, 2.45) is 0 Å². The molecule has 0 fully saturated rings. The molecule has 2 rings (SSSR count). The highest BCUT2D eigenvalue weighted by Gasteiger charge is 2.17. The fourth-order valence-electron chi connectivity index (χ4n) is 1.67. The van der Waals surface area contributed by atoms with E-state index >= 15 is 0 Å². The zero-order chi connectivity index (χ0) is 13.3. The number of hydrogen-bond donors (Lipinski definition) is 0. The molecule has 0 spiro atoms. The second-order valence-corrected chi connectivity index (χ2v) is 4.97. The number of ether oxygens (including phenoxy) is 1. The van der Waals surface area contributed by atoms with Gasteiger partial charge < -0.3 is 9.30 Å². The average Bonchev–Trinajstić information content (AvgIpc) is 2.73. The summed E-state index contributed by atoms with van der Waals surface area (Å²) < 4.78 is 7.57. The van der Waals surface area contributed by atoms with E-state index in [0.29, 0.717) is 5.52 Å². The predicted molar refractivity (Wildman–Crippen MR) is 68.9 cm³/mol. The van der Waals surface area contributed by atoms with Crippen molar-refractivity contribution < 1.29 is 9.53 Å². The summed E-state index contributed by atoms with van der Waals surface area (Å²) >= 11 is 3.19. The van der Waals surface area contributed by atoms with E-state index in [9.17, 15) is 9.59 Å². The third-order valence-corrected chi connectivity index (χ3v) is 3.20. The molecular formula is C11H12BrN3O3. The van der Waals surface area contributed by atoms with E-state index < -0.39 is 10.8 Å². The maximum Gasteiger partial charge on any atom is 0.321 e. The largest absolute Gasteiger partial charge is 0.468 e. The molecule has 7 heteroatoms. The van der Waals surface area contributed by atoms with E-state index in [4.69, 9.17) is 0 Å². The Bertz CT molecular complexity index is 647. The number of nitrogens with zero attached hydrogens (tertiary/aromatic N) is 3. The van der Waals surface area contributed by atoms with Crippen LogP contribution in [0.15, 0.2) is 23.3 Å². The minimum atomic E-state index is -0.549. The van der Waals surface area contributed by atoms with Crippen LogP contribution in [0, 0.1) is 6.92 Å². The lowest BCUT2D eigenvalue weighted by atomic mass is 10.4. The lowest BCUT2D eigenvalue weighted by Gasteiger charge is -2.09. The Morgan fingerprint density at radius 1 is 1.56 bits per heavy atom. The van der Waals surface area contributed by atoms with Crippen LogP contribution in [0.4, 0.5) is 0 Å². The highest BCUT2D eigenvalue weighted by molar-refractivity contribution is 9.10. The van der Waals surface area contributed by atoms with Crippen LogP contribution in [-0.4, -0.2) is 32.1 Å². The molecular weight excluding hydrogens is 302 g/mol. The van der Waals surface area contributed by atoms with E-state index in [1.165, 1.54) is 16.2 Å². The molecule has 0 saturated carbocycles. The van der Waals surface area contributed by atoms with Gasteiger partial charge in [-0.05, 0) is 13.0 Å². The molecule has 0 bridgehead atoms. The van der Waals surface area contributed by atoms with Crippen molar-refractivity contribution in [3.63, 3.8) is 0 Å². The zero-order valence-electron chi connectivity index (χ0n) is 9.96. The molecule has 0 amide bonds. The Labute approximate surface area is 111 Å². The Balaban J connectivity index is 2.37.